The van der Waals surface area contributed by atoms with Crippen LogP contribution in [0.25, 0.3) is 0 Å². The van der Waals surface area contributed by atoms with Crippen molar-refractivity contribution in [2.75, 3.05) is 6.61 Å². The number of thiophene rings is 1. The zero-order chi connectivity index (χ0) is 12.6. The Balaban J connectivity index is 1.90. The summed E-state index contributed by atoms with van der Waals surface area (Å²) in [6, 6.07) is 6.14. The third kappa shape index (κ3) is 4.19. The number of hydrogen-bond donors (Lipinski definition) is 1. The smallest absolute Gasteiger partial charge is 0.0540 e. The van der Waals surface area contributed by atoms with Crippen molar-refractivity contribution in [2.24, 2.45) is 0 Å². The number of thioether (sulfide) groups is 1. The second kappa shape index (κ2) is 7.22. The van der Waals surface area contributed by atoms with Crippen LogP contribution in [-0.2, 0) is 5.75 Å². The Morgan fingerprint density at radius 3 is 2.94 bits per heavy atom. The Labute approximate surface area is 115 Å². The van der Waals surface area contributed by atoms with Crippen molar-refractivity contribution in [2.45, 2.75) is 17.1 Å². The fourth-order valence-corrected chi connectivity index (χ4v) is 3.09. The second-order valence-electron chi connectivity index (χ2n) is 3.55. The van der Waals surface area contributed by atoms with Gasteiger partial charge in [-0.05, 0) is 18.2 Å². The van der Waals surface area contributed by atoms with Gasteiger partial charge in [0, 0.05) is 45.3 Å². The van der Waals surface area contributed by atoms with Gasteiger partial charge in [-0.15, -0.1) is 23.1 Å². The predicted octanol–water partition coefficient (Wildman–Crippen LogP) is 3.17. The molecule has 0 saturated heterocycles. The van der Waals surface area contributed by atoms with E-state index in [9.17, 15) is 0 Å². The molecule has 0 unspecified atom stereocenters. The van der Waals surface area contributed by atoms with Crippen molar-refractivity contribution in [1.29, 1.82) is 0 Å². The minimum absolute atomic E-state index is 0.127. The lowest BCUT2D eigenvalue weighted by atomic mass is 10.3. The fourth-order valence-electron chi connectivity index (χ4n) is 1.33. The van der Waals surface area contributed by atoms with Gasteiger partial charge in [0.05, 0.1) is 6.61 Å². The number of aromatic nitrogens is 1. The van der Waals surface area contributed by atoms with E-state index in [0.717, 1.165) is 11.3 Å². The highest BCUT2D eigenvalue weighted by Crippen LogP contribution is 2.25. The van der Waals surface area contributed by atoms with Crippen molar-refractivity contribution >= 4 is 23.1 Å². The molecule has 2 rings (SSSR count). The highest BCUT2D eigenvalue weighted by atomic mass is 32.2. The van der Waals surface area contributed by atoms with Crippen LogP contribution in [0.4, 0.5) is 0 Å². The van der Waals surface area contributed by atoms with Crippen LogP contribution in [0.1, 0.15) is 16.9 Å². The standard InChI is InChI=1S/C14H13NOS2/c16-8-2-1-3-12-9-14(17-10-12)11-18-13-4-6-15-7-5-13/h4-7,9-10,16H,2,8,11H2. The van der Waals surface area contributed by atoms with E-state index in [1.165, 1.54) is 9.77 Å². The molecule has 92 valence electrons. The van der Waals surface area contributed by atoms with E-state index in [2.05, 4.69) is 28.3 Å². The molecule has 0 saturated carbocycles. The lowest BCUT2D eigenvalue weighted by Crippen LogP contribution is -1.77. The SMILES string of the molecule is OCCC#Cc1csc(CSc2ccncc2)c1. The predicted molar refractivity (Wildman–Crippen MR) is 76.7 cm³/mol. The van der Waals surface area contributed by atoms with Crippen LogP contribution in [0.3, 0.4) is 0 Å². The van der Waals surface area contributed by atoms with E-state index >= 15 is 0 Å². The second-order valence-corrected chi connectivity index (χ2v) is 5.59. The highest BCUT2D eigenvalue weighted by molar-refractivity contribution is 7.98. The third-order valence-electron chi connectivity index (χ3n) is 2.15. The summed E-state index contributed by atoms with van der Waals surface area (Å²) in [4.78, 5) is 6.54. The molecular formula is C14H13NOS2. The maximum atomic E-state index is 8.65. The molecule has 0 bridgehead atoms. The molecule has 0 aliphatic heterocycles. The van der Waals surface area contributed by atoms with Gasteiger partial charge in [0.25, 0.3) is 0 Å². The van der Waals surface area contributed by atoms with E-state index in [1.54, 1.807) is 23.1 Å². The molecule has 1 N–H and O–H groups in total. The van der Waals surface area contributed by atoms with Gasteiger partial charge < -0.3 is 5.11 Å². The average molecular weight is 275 g/mol. The fraction of sp³-hybridized carbons (Fsp3) is 0.214. The molecule has 0 spiro atoms. The molecule has 18 heavy (non-hydrogen) atoms. The van der Waals surface area contributed by atoms with Gasteiger partial charge in [0.15, 0.2) is 0 Å². The van der Waals surface area contributed by atoms with E-state index in [1.807, 2.05) is 24.5 Å². The van der Waals surface area contributed by atoms with Gasteiger partial charge >= 0.3 is 0 Å². The van der Waals surface area contributed by atoms with Crippen LogP contribution >= 0.6 is 23.1 Å². The van der Waals surface area contributed by atoms with E-state index < -0.39 is 0 Å². The third-order valence-corrected chi connectivity index (χ3v) is 4.33. The molecular weight excluding hydrogens is 262 g/mol. The first-order valence-corrected chi connectivity index (χ1v) is 7.45. The average Bonchev–Trinajstić information content (AvgIpc) is 2.86. The number of rotatable bonds is 4. The lowest BCUT2D eigenvalue weighted by Gasteiger charge is -1.97. The van der Waals surface area contributed by atoms with Crippen LogP contribution in [0.5, 0.6) is 0 Å². The summed E-state index contributed by atoms with van der Waals surface area (Å²) in [7, 11) is 0. The molecule has 0 aromatic carbocycles. The van der Waals surface area contributed by atoms with Crippen molar-refractivity contribution in [3.05, 3.63) is 46.4 Å². The molecule has 0 aliphatic carbocycles. The molecule has 0 atom stereocenters. The largest absolute Gasteiger partial charge is 0.395 e. The molecule has 0 aliphatic rings. The molecule has 0 amide bonds. The number of nitrogens with zero attached hydrogens (tertiary/aromatic N) is 1. The van der Waals surface area contributed by atoms with Gasteiger partial charge in [0.2, 0.25) is 0 Å². The van der Waals surface area contributed by atoms with Gasteiger partial charge in [-0.25, -0.2) is 0 Å². The summed E-state index contributed by atoms with van der Waals surface area (Å²) in [5, 5.41) is 10.7. The summed E-state index contributed by atoms with van der Waals surface area (Å²) in [6.07, 6.45) is 4.15. The molecule has 2 aromatic rings. The van der Waals surface area contributed by atoms with Gasteiger partial charge in [-0.3, -0.25) is 4.98 Å². The van der Waals surface area contributed by atoms with Crippen LogP contribution in [0.2, 0.25) is 0 Å². The minimum atomic E-state index is 0.127. The first-order valence-electron chi connectivity index (χ1n) is 5.58. The molecule has 0 fully saturated rings. The molecule has 4 heteroatoms. The monoisotopic (exact) mass is 275 g/mol. The lowest BCUT2D eigenvalue weighted by molar-refractivity contribution is 0.305. The summed E-state index contributed by atoms with van der Waals surface area (Å²) in [5.74, 6) is 6.93. The van der Waals surface area contributed by atoms with Crippen LogP contribution in [-0.4, -0.2) is 16.7 Å². The molecule has 2 aromatic heterocycles. The Bertz CT molecular complexity index is 540. The number of hydrogen-bond acceptors (Lipinski definition) is 4. The first-order chi connectivity index (χ1) is 8.88. The maximum Gasteiger partial charge on any atom is 0.0540 e. The maximum absolute atomic E-state index is 8.65. The van der Waals surface area contributed by atoms with Gasteiger partial charge in [-0.1, -0.05) is 11.8 Å². The summed E-state index contributed by atoms with van der Waals surface area (Å²) in [5.41, 5.74) is 1.04. The summed E-state index contributed by atoms with van der Waals surface area (Å²) in [6.45, 7) is 0.127. The van der Waals surface area contributed by atoms with Gasteiger partial charge in [0.1, 0.15) is 0 Å². The summed E-state index contributed by atoms with van der Waals surface area (Å²) >= 11 is 3.52. The quantitative estimate of drug-likeness (QED) is 0.687. The van der Waals surface area contributed by atoms with E-state index in [-0.39, 0.29) is 6.61 Å². The highest BCUT2D eigenvalue weighted by Gasteiger charge is 1.99. The molecule has 2 nitrogen and oxygen atoms in total. The van der Waals surface area contributed by atoms with Crippen molar-refractivity contribution in [3.8, 4) is 11.8 Å². The summed E-state index contributed by atoms with van der Waals surface area (Å²) < 4.78 is 0. The number of aliphatic hydroxyl groups excluding tert-OH is 1. The van der Waals surface area contributed by atoms with E-state index in [4.69, 9.17) is 5.11 Å². The van der Waals surface area contributed by atoms with E-state index in [0.29, 0.717) is 6.42 Å². The van der Waals surface area contributed by atoms with Crippen molar-refractivity contribution in [3.63, 3.8) is 0 Å². The minimum Gasteiger partial charge on any atom is -0.395 e. The Hall–Kier alpha value is -1.28. The van der Waals surface area contributed by atoms with Crippen molar-refractivity contribution < 1.29 is 5.11 Å². The van der Waals surface area contributed by atoms with Crippen molar-refractivity contribution in [1.82, 2.24) is 4.98 Å². The van der Waals surface area contributed by atoms with Gasteiger partial charge in [-0.2, -0.15) is 0 Å². The van der Waals surface area contributed by atoms with Crippen LogP contribution < -0.4 is 0 Å². The normalized spacial score (nSPS) is 9.83. The number of aliphatic hydroxyl groups is 1. The van der Waals surface area contributed by atoms with Crippen LogP contribution in [0.15, 0.2) is 40.9 Å². The zero-order valence-corrected chi connectivity index (χ0v) is 11.4. The number of pyridine rings is 1. The van der Waals surface area contributed by atoms with Crippen LogP contribution in [0, 0.1) is 11.8 Å². The Morgan fingerprint density at radius 1 is 1.33 bits per heavy atom. The first kappa shape index (κ1) is 13.2. The molecule has 2 heterocycles. The molecule has 0 radical (unpaired) electrons. The topological polar surface area (TPSA) is 33.1 Å². The zero-order valence-electron chi connectivity index (χ0n) is 9.80. The Kier molecular flexibility index (Phi) is 5.28. The Morgan fingerprint density at radius 2 is 2.17 bits per heavy atom.